The van der Waals surface area contributed by atoms with E-state index in [9.17, 15) is 4.79 Å². The van der Waals surface area contributed by atoms with Crippen LogP contribution in [0, 0.1) is 0 Å². The van der Waals surface area contributed by atoms with Crippen LogP contribution >= 0.6 is 0 Å². The van der Waals surface area contributed by atoms with E-state index in [0.717, 1.165) is 62.2 Å². The van der Waals surface area contributed by atoms with Gasteiger partial charge in [-0.25, -0.2) is 15.0 Å². The number of pyridine rings is 1. The number of hydrogen-bond donors (Lipinski definition) is 0. The van der Waals surface area contributed by atoms with Crippen LogP contribution < -0.4 is 4.90 Å². The molecule has 114 valence electrons. The van der Waals surface area contributed by atoms with Gasteiger partial charge in [0.15, 0.2) is 5.65 Å². The van der Waals surface area contributed by atoms with Gasteiger partial charge in [0.1, 0.15) is 12.1 Å². The summed E-state index contributed by atoms with van der Waals surface area (Å²) in [5, 5.41) is 1.00. The van der Waals surface area contributed by atoms with Crippen LogP contribution in [0.15, 0.2) is 24.7 Å². The summed E-state index contributed by atoms with van der Waals surface area (Å²) in [6.45, 7) is 2.79. The average Bonchev–Trinajstić information content (AvgIpc) is 3.01. The molecule has 22 heavy (non-hydrogen) atoms. The van der Waals surface area contributed by atoms with Crippen molar-refractivity contribution in [3.8, 4) is 0 Å². The molecule has 0 unspecified atom stereocenters. The molecule has 4 rings (SSSR count). The molecule has 0 atom stereocenters. The molecule has 2 fully saturated rings. The first-order chi connectivity index (χ1) is 10.8. The Kier molecular flexibility index (Phi) is 3.36. The van der Waals surface area contributed by atoms with E-state index in [1.807, 2.05) is 12.1 Å². The van der Waals surface area contributed by atoms with Crippen LogP contribution in [0.25, 0.3) is 11.0 Å². The quantitative estimate of drug-likeness (QED) is 0.843. The molecule has 6 nitrogen and oxygen atoms in total. The maximum absolute atomic E-state index is 11.9. The Hall–Kier alpha value is -2.24. The van der Waals surface area contributed by atoms with Gasteiger partial charge in [0, 0.05) is 38.3 Å². The molecule has 0 bridgehead atoms. The lowest BCUT2D eigenvalue weighted by Gasteiger charge is -2.37. The van der Waals surface area contributed by atoms with E-state index in [2.05, 4.69) is 24.8 Å². The Balaban J connectivity index is 1.52. The van der Waals surface area contributed by atoms with Gasteiger partial charge >= 0.3 is 0 Å². The fraction of sp³-hybridized carbons (Fsp3) is 0.500. The van der Waals surface area contributed by atoms with Gasteiger partial charge in [-0.2, -0.15) is 0 Å². The van der Waals surface area contributed by atoms with Gasteiger partial charge in [0.25, 0.3) is 0 Å². The molecule has 0 N–H and O–H groups in total. The number of rotatable bonds is 2. The van der Waals surface area contributed by atoms with Crippen LogP contribution in [0.3, 0.4) is 0 Å². The Bertz CT molecular complexity index is 691. The molecule has 0 aliphatic carbocycles. The van der Waals surface area contributed by atoms with Crippen molar-refractivity contribution < 1.29 is 4.79 Å². The summed E-state index contributed by atoms with van der Waals surface area (Å²) in [6.07, 6.45) is 7.10. The number of piperidine rings is 1. The fourth-order valence-electron chi connectivity index (χ4n) is 3.58. The predicted octanol–water partition coefficient (Wildman–Crippen LogP) is 1.62. The molecule has 2 aromatic rings. The largest absolute Gasteiger partial charge is 0.356 e. The summed E-state index contributed by atoms with van der Waals surface area (Å²) >= 11 is 0. The second-order valence-corrected chi connectivity index (χ2v) is 5.98. The van der Waals surface area contributed by atoms with Crippen molar-refractivity contribution in [2.75, 3.05) is 24.5 Å². The molecular weight excluding hydrogens is 278 g/mol. The van der Waals surface area contributed by atoms with Crippen LogP contribution in [0.2, 0.25) is 0 Å². The fourth-order valence-corrected chi connectivity index (χ4v) is 3.58. The number of likely N-dealkylation sites (tertiary alicyclic amines) is 1. The smallest absolute Gasteiger partial charge is 0.222 e. The van der Waals surface area contributed by atoms with E-state index in [1.165, 1.54) is 0 Å². The molecule has 2 saturated heterocycles. The predicted molar refractivity (Wildman–Crippen MR) is 83.5 cm³/mol. The van der Waals surface area contributed by atoms with Crippen molar-refractivity contribution in [1.29, 1.82) is 0 Å². The maximum atomic E-state index is 11.9. The zero-order chi connectivity index (χ0) is 14.9. The number of amides is 1. The number of fused-ring (bicyclic) bond motifs is 1. The third-order valence-electron chi connectivity index (χ3n) is 4.70. The highest BCUT2D eigenvalue weighted by atomic mass is 16.2. The molecule has 0 radical (unpaired) electrons. The topological polar surface area (TPSA) is 62.2 Å². The van der Waals surface area contributed by atoms with E-state index >= 15 is 0 Å². The summed E-state index contributed by atoms with van der Waals surface area (Å²) in [5.41, 5.74) is 0.740. The molecule has 2 aliphatic heterocycles. The van der Waals surface area contributed by atoms with Crippen LogP contribution in [0.1, 0.15) is 25.7 Å². The summed E-state index contributed by atoms with van der Waals surface area (Å²) in [6, 6.07) is 4.34. The molecular formula is C16H19N5O. The van der Waals surface area contributed by atoms with E-state index in [-0.39, 0.29) is 0 Å². The first-order valence-electron chi connectivity index (χ1n) is 7.93. The second kappa shape index (κ2) is 5.51. The minimum atomic E-state index is 0.329. The van der Waals surface area contributed by atoms with Gasteiger partial charge in [-0.15, -0.1) is 0 Å². The van der Waals surface area contributed by atoms with E-state index in [4.69, 9.17) is 0 Å². The zero-order valence-electron chi connectivity index (χ0n) is 12.5. The summed E-state index contributed by atoms with van der Waals surface area (Å²) in [7, 11) is 0. The van der Waals surface area contributed by atoms with Gasteiger partial charge in [0.2, 0.25) is 5.91 Å². The van der Waals surface area contributed by atoms with Crippen LogP contribution in [-0.4, -0.2) is 51.4 Å². The Morgan fingerprint density at radius 3 is 2.73 bits per heavy atom. The lowest BCUT2D eigenvalue weighted by Crippen LogP contribution is -2.45. The molecule has 0 spiro atoms. The lowest BCUT2D eigenvalue weighted by atomic mass is 10.0. The molecule has 0 saturated carbocycles. The van der Waals surface area contributed by atoms with E-state index in [0.29, 0.717) is 11.9 Å². The third-order valence-corrected chi connectivity index (χ3v) is 4.70. The molecule has 6 heteroatoms. The first kappa shape index (κ1) is 13.4. The minimum absolute atomic E-state index is 0.329. The lowest BCUT2D eigenvalue weighted by molar-refractivity contribution is -0.130. The summed E-state index contributed by atoms with van der Waals surface area (Å²) in [5.74, 6) is 1.29. The van der Waals surface area contributed by atoms with Crippen LogP contribution in [0.4, 0.5) is 5.82 Å². The molecule has 0 aromatic carbocycles. The van der Waals surface area contributed by atoms with Crippen molar-refractivity contribution >= 4 is 22.8 Å². The standard InChI is InChI=1S/C16H19N5O/c22-14-4-2-8-21(14)12-5-9-20(10-6-12)16-13-3-1-7-17-15(13)18-11-19-16/h1,3,7,11-12H,2,4-6,8-10H2. The van der Waals surface area contributed by atoms with Gasteiger partial charge in [0.05, 0.1) is 5.39 Å². The van der Waals surface area contributed by atoms with Crippen molar-refractivity contribution in [3.05, 3.63) is 24.7 Å². The van der Waals surface area contributed by atoms with Crippen molar-refractivity contribution in [2.45, 2.75) is 31.7 Å². The highest BCUT2D eigenvalue weighted by molar-refractivity contribution is 5.86. The Morgan fingerprint density at radius 2 is 1.95 bits per heavy atom. The van der Waals surface area contributed by atoms with Crippen LogP contribution in [0.5, 0.6) is 0 Å². The Labute approximate surface area is 129 Å². The van der Waals surface area contributed by atoms with E-state index in [1.54, 1.807) is 12.5 Å². The summed E-state index contributed by atoms with van der Waals surface area (Å²) in [4.78, 5) is 29.2. The van der Waals surface area contributed by atoms with Gasteiger partial charge in [-0.1, -0.05) is 0 Å². The minimum Gasteiger partial charge on any atom is -0.356 e. The van der Waals surface area contributed by atoms with Gasteiger partial charge < -0.3 is 9.80 Å². The third kappa shape index (κ3) is 2.28. The zero-order valence-corrected chi connectivity index (χ0v) is 12.5. The molecule has 2 aromatic heterocycles. The Morgan fingerprint density at radius 1 is 1.09 bits per heavy atom. The monoisotopic (exact) mass is 297 g/mol. The number of aromatic nitrogens is 3. The molecule has 2 aliphatic rings. The first-order valence-corrected chi connectivity index (χ1v) is 7.93. The average molecular weight is 297 g/mol. The van der Waals surface area contributed by atoms with Crippen molar-refractivity contribution in [3.63, 3.8) is 0 Å². The number of nitrogens with zero attached hydrogens (tertiary/aromatic N) is 5. The highest BCUT2D eigenvalue weighted by Gasteiger charge is 2.31. The number of carbonyl (C=O) groups excluding carboxylic acids is 1. The van der Waals surface area contributed by atoms with E-state index < -0.39 is 0 Å². The summed E-state index contributed by atoms with van der Waals surface area (Å²) < 4.78 is 0. The number of hydrogen-bond acceptors (Lipinski definition) is 5. The second-order valence-electron chi connectivity index (χ2n) is 5.98. The van der Waals surface area contributed by atoms with Gasteiger partial charge in [-0.3, -0.25) is 4.79 Å². The SMILES string of the molecule is O=C1CCCN1C1CCN(c2ncnc3ncccc23)CC1. The van der Waals surface area contributed by atoms with Crippen molar-refractivity contribution in [1.82, 2.24) is 19.9 Å². The maximum Gasteiger partial charge on any atom is 0.222 e. The normalized spacial score (nSPS) is 20.1. The molecule has 4 heterocycles. The number of carbonyl (C=O) groups is 1. The van der Waals surface area contributed by atoms with Crippen LogP contribution in [-0.2, 0) is 4.79 Å². The molecule has 1 amide bonds. The van der Waals surface area contributed by atoms with Gasteiger partial charge in [-0.05, 0) is 31.4 Å². The highest BCUT2D eigenvalue weighted by Crippen LogP contribution is 2.27. The van der Waals surface area contributed by atoms with Crippen molar-refractivity contribution in [2.24, 2.45) is 0 Å². The number of anilines is 1.